The fourth-order valence-electron chi connectivity index (χ4n) is 3.45. The first-order valence-electron chi connectivity index (χ1n) is 11.5. The van der Waals surface area contributed by atoms with Crippen LogP contribution < -0.4 is 19.6 Å². The summed E-state index contributed by atoms with van der Waals surface area (Å²) in [6.07, 6.45) is 1.51. The van der Waals surface area contributed by atoms with Crippen molar-refractivity contribution >= 4 is 46.9 Å². The van der Waals surface area contributed by atoms with Gasteiger partial charge in [0.25, 0.3) is 5.91 Å². The van der Waals surface area contributed by atoms with Gasteiger partial charge in [0.1, 0.15) is 19.0 Å². The molecule has 194 valence electrons. The van der Waals surface area contributed by atoms with E-state index in [4.69, 9.17) is 49.0 Å². The molecule has 4 aromatic carbocycles. The topological polar surface area (TPSA) is 69.2 Å². The van der Waals surface area contributed by atoms with Gasteiger partial charge in [-0.15, -0.1) is 0 Å². The number of hydrogen-bond donors (Lipinski definition) is 1. The highest BCUT2D eigenvalue weighted by atomic mass is 35.5. The molecule has 0 unspecified atom stereocenters. The molecule has 1 N–H and O–H groups in total. The molecule has 0 radical (unpaired) electrons. The zero-order valence-corrected chi connectivity index (χ0v) is 22.6. The molecule has 0 atom stereocenters. The smallest absolute Gasteiger partial charge is 0.275 e. The van der Waals surface area contributed by atoms with Crippen LogP contribution in [0, 0.1) is 0 Å². The van der Waals surface area contributed by atoms with E-state index in [0.717, 1.165) is 11.1 Å². The molecule has 0 aliphatic carbocycles. The molecule has 0 fully saturated rings. The van der Waals surface area contributed by atoms with E-state index in [-0.39, 0.29) is 13.2 Å². The number of carbonyl (C=O) groups excluding carboxylic acids is 1. The quantitative estimate of drug-likeness (QED) is 0.158. The Balaban J connectivity index is 1.38. The molecule has 9 heteroatoms. The van der Waals surface area contributed by atoms with Gasteiger partial charge in [-0.2, -0.15) is 5.10 Å². The van der Waals surface area contributed by atoms with Crippen molar-refractivity contribution in [3.63, 3.8) is 0 Å². The van der Waals surface area contributed by atoms with Crippen LogP contribution in [-0.4, -0.2) is 19.2 Å². The van der Waals surface area contributed by atoms with E-state index in [1.807, 2.05) is 18.2 Å². The van der Waals surface area contributed by atoms with Gasteiger partial charge in [0, 0.05) is 26.2 Å². The summed E-state index contributed by atoms with van der Waals surface area (Å²) in [6, 6.07) is 24.8. The zero-order chi connectivity index (χ0) is 26.9. The largest absolute Gasteiger partial charge is 0.493 e. The van der Waals surface area contributed by atoms with Crippen LogP contribution in [-0.2, 0) is 13.2 Å². The molecule has 0 aliphatic rings. The van der Waals surface area contributed by atoms with E-state index >= 15 is 0 Å². The van der Waals surface area contributed by atoms with Crippen molar-refractivity contribution in [2.24, 2.45) is 5.10 Å². The molecule has 4 rings (SSSR count). The summed E-state index contributed by atoms with van der Waals surface area (Å²) in [5.41, 5.74) is 5.19. The Hall–Kier alpha value is -3.71. The summed E-state index contributed by atoms with van der Waals surface area (Å²) in [7, 11) is 1.54. The Morgan fingerprint density at radius 2 is 1.50 bits per heavy atom. The molecule has 38 heavy (non-hydrogen) atoms. The molecule has 0 aromatic heterocycles. The number of carbonyl (C=O) groups is 1. The third kappa shape index (κ3) is 7.19. The monoisotopic (exact) mass is 568 g/mol. The molecular formula is C29H23Cl3N2O4. The fraction of sp³-hybridized carbons (Fsp3) is 0.103. The fourth-order valence-corrected chi connectivity index (χ4v) is 4.11. The normalized spacial score (nSPS) is 10.8. The van der Waals surface area contributed by atoms with Crippen LogP contribution in [0.25, 0.3) is 0 Å². The van der Waals surface area contributed by atoms with Crippen LogP contribution in [0.2, 0.25) is 15.1 Å². The number of amides is 1. The minimum absolute atomic E-state index is 0.228. The summed E-state index contributed by atoms with van der Waals surface area (Å²) in [5, 5.41) is 5.76. The van der Waals surface area contributed by atoms with E-state index in [2.05, 4.69) is 10.5 Å². The lowest BCUT2D eigenvalue weighted by Crippen LogP contribution is -2.18. The number of hydrazone groups is 1. The highest BCUT2D eigenvalue weighted by molar-refractivity contribution is 6.35. The molecule has 0 saturated heterocycles. The van der Waals surface area contributed by atoms with E-state index in [1.54, 1.807) is 73.8 Å². The molecule has 0 saturated carbocycles. The van der Waals surface area contributed by atoms with Gasteiger partial charge in [-0.1, -0.05) is 71.2 Å². The lowest BCUT2D eigenvalue weighted by atomic mass is 10.2. The predicted octanol–water partition coefficient (Wildman–Crippen LogP) is 7.58. The second-order valence-corrected chi connectivity index (χ2v) is 9.26. The number of halogens is 3. The Labute approximate surface area is 235 Å². The van der Waals surface area contributed by atoms with E-state index in [9.17, 15) is 4.79 Å². The van der Waals surface area contributed by atoms with Gasteiger partial charge < -0.3 is 14.2 Å². The van der Waals surface area contributed by atoms with Crippen LogP contribution >= 0.6 is 34.8 Å². The average molecular weight is 570 g/mol. The maximum absolute atomic E-state index is 12.8. The second kappa shape index (κ2) is 13.2. The number of hydrogen-bond acceptors (Lipinski definition) is 5. The summed E-state index contributed by atoms with van der Waals surface area (Å²) >= 11 is 18.4. The lowest BCUT2D eigenvalue weighted by molar-refractivity contribution is 0.0950. The first kappa shape index (κ1) is 27.3. The van der Waals surface area contributed by atoms with E-state index < -0.39 is 5.91 Å². The Morgan fingerprint density at radius 1 is 0.789 bits per heavy atom. The molecule has 1 amide bonds. The standard InChI is InChI=1S/C29H23Cl3N2O4/c1-36-28-14-19(10-13-27(28)38-18-21-11-12-22(30)15-25(21)32)16-33-34-29(35)23-7-3-5-9-26(23)37-17-20-6-2-4-8-24(20)31/h2-16H,17-18H2,1H3,(H,34,35)/b33-16+. The summed E-state index contributed by atoms with van der Waals surface area (Å²) in [4.78, 5) is 12.8. The second-order valence-electron chi connectivity index (χ2n) is 8.01. The first-order valence-corrected chi connectivity index (χ1v) is 12.6. The third-order valence-corrected chi connectivity index (χ3v) is 6.39. The molecule has 6 nitrogen and oxygen atoms in total. The maximum atomic E-state index is 12.8. The van der Waals surface area contributed by atoms with Crippen molar-refractivity contribution in [1.82, 2.24) is 5.43 Å². The van der Waals surface area contributed by atoms with Crippen molar-refractivity contribution in [3.05, 3.63) is 122 Å². The summed E-state index contributed by atoms with van der Waals surface area (Å²) < 4.78 is 17.2. The third-order valence-electron chi connectivity index (χ3n) is 5.44. The number of ether oxygens (including phenoxy) is 3. The van der Waals surface area contributed by atoms with Gasteiger partial charge in [0.2, 0.25) is 0 Å². The summed E-state index contributed by atoms with van der Waals surface area (Å²) in [5.74, 6) is 1.04. The number of rotatable bonds is 10. The minimum atomic E-state index is -0.414. The molecule has 0 spiro atoms. The first-order chi connectivity index (χ1) is 18.4. The highest BCUT2D eigenvalue weighted by Gasteiger charge is 2.13. The Morgan fingerprint density at radius 3 is 2.26 bits per heavy atom. The van der Waals surface area contributed by atoms with Crippen molar-refractivity contribution in [1.29, 1.82) is 0 Å². The van der Waals surface area contributed by atoms with Crippen molar-refractivity contribution in [3.8, 4) is 17.2 Å². The minimum Gasteiger partial charge on any atom is -0.493 e. The Kier molecular flexibility index (Phi) is 9.49. The van der Waals surface area contributed by atoms with Crippen molar-refractivity contribution < 1.29 is 19.0 Å². The number of para-hydroxylation sites is 1. The van der Waals surface area contributed by atoms with Crippen LogP contribution in [0.5, 0.6) is 17.2 Å². The molecular weight excluding hydrogens is 547 g/mol. The number of methoxy groups -OCH3 is 1. The van der Waals surface area contributed by atoms with E-state index in [0.29, 0.717) is 43.4 Å². The van der Waals surface area contributed by atoms with Crippen molar-refractivity contribution in [2.75, 3.05) is 7.11 Å². The molecule has 0 heterocycles. The van der Waals surface area contributed by atoms with Gasteiger partial charge in [0.15, 0.2) is 11.5 Å². The molecule has 0 bridgehead atoms. The van der Waals surface area contributed by atoms with Gasteiger partial charge in [-0.25, -0.2) is 5.43 Å². The Bertz CT molecular complexity index is 1460. The average Bonchev–Trinajstić information content (AvgIpc) is 2.92. The number of nitrogens with zero attached hydrogens (tertiary/aromatic N) is 1. The highest BCUT2D eigenvalue weighted by Crippen LogP contribution is 2.30. The van der Waals surface area contributed by atoms with Gasteiger partial charge in [0.05, 0.1) is 18.9 Å². The zero-order valence-electron chi connectivity index (χ0n) is 20.3. The number of nitrogens with one attached hydrogen (secondary N) is 1. The van der Waals surface area contributed by atoms with Crippen LogP contribution in [0.4, 0.5) is 0 Å². The van der Waals surface area contributed by atoms with Gasteiger partial charge in [-0.3, -0.25) is 4.79 Å². The molecule has 0 aliphatic heterocycles. The van der Waals surface area contributed by atoms with Crippen LogP contribution in [0.3, 0.4) is 0 Å². The maximum Gasteiger partial charge on any atom is 0.275 e. The molecule has 4 aromatic rings. The van der Waals surface area contributed by atoms with Crippen molar-refractivity contribution in [2.45, 2.75) is 13.2 Å². The van der Waals surface area contributed by atoms with Gasteiger partial charge >= 0.3 is 0 Å². The SMILES string of the molecule is COc1cc(/C=N/NC(=O)c2ccccc2OCc2ccccc2Cl)ccc1OCc1ccc(Cl)cc1Cl. The van der Waals surface area contributed by atoms with Crippen LogP contribution in [0.1, 0.15) is 27.0 Å². The lowest BCUT2D eigenvalue weighted by Gasteiger charge is -2.12. The summed E-state index contributed by atoms with van der Waals surface area (Å²) in [6.45, 7) is 0.472. The van der Waals surface area contributed by atoms with Crippen LogP contribution in [0.15, 0.2) is 90.0 Å². The van der Waals surface area contributed by atoms with Gasteiger partial charge in [-0.05, 0) is 54.1 Å². The number of benzene rings is 4. The van der Waals surface area contributed by atoms with E-state index in [1.165, 1.54) is 6.21 Å². The predicted molar refractivity (Wildman–Crippen MR) is 151 cm³/mol.